The van der Waals surface area contributed by atoms with Gasteiger partial charge in [0.25, 0.3) is 5.91 Å². The highest BCUT2D eigenvalue weighted by Gasteiger charge is 2.03. The van der Waals surface area contributed by atoms with Crippen LogP contribution in [-0.2, 0) is 6.54 Å². The van der Waals surface area contributed by atoms with E-state index in [-0.39, 0.29) is 5.91 Å². The van der Waals surface area contributed by atoms with E-state index in [1.54, 1.807) is 19.2 Å². The molecule has 2 rings (SSSR count). The number of carbonyl (C=O) groups excluding carboxylic acids is 1. The molecular weight excluding hydrogens is 236 g/mol. The first-order chi connectivity index (χ1) is 8.29. The second kappa shape index (κ2) is 5.40. The summed E-state index contributed by atoms with van der Waals surface area (Å²) in [5.41, 5.74) is 2.41. The number of anilines is 1. The van der Waals surface area contributed by atoms with Gasteiger partial charge in [0.15, 0.2) is 0 Å². The second-order valence-electron chi connectivity index (χ2n) is 3.41. The van der Waals surface area contributed by atoms with E-state index in [0.717, 1.165) is 11.4 Å². The zero-order valence-electron chi connectivity index (χ0n) is 9.30. The Morgan fingerprint density at radius 3 is 3.06 bits per heavy atom. The van der Waals surface area contributed by atoms with Gasteiger partial charge in [0.05, 0.1) is 12.2 Å². The first kappa shape index (κ1) is 11.5. The first-order valence-corrected chi connectivity index (χ1v) is 5.95. The van der Waals surface area contributed by atoms with Crippen LogP contribution in [0.1, 0.15) is 16.1 Å². The summed E-state index contributed by atoms with van der Waals surface area (Å²) in [4.78, 5) is 11.4. The molecule has 17 heavy (non-hydrogen) atoms. The number of aromatic nitrogens is 2. The average Bonchev–Trinajstić information content (AvgIpc) is 2.89. The molecule has 1 aromatic carbocycles. The lowest BCUT2D eigenvalue weighted by molar-refractivity contribution is 0.0963. The van der Waals surface area contributed by atoms with Crippen molar-refractivity contribution in [1.29, 1.82) is 0 Å². The third-order valence-electron chi connectivity index (χ3n) is 2.23. The van der Waals surface area contributed by atoms with Gasteiger partial charge >= 0.3 is 0 Å². The maximum atomic E-state index is 11.4. The van der Waals surface area contributed by atoms with Gasteiger partial charge in [0, 0.05) is 23.7 Å². The monoisotopic (exact) mass is 248 g/mol. The largest absolute Gasteiger partial charge is 0.379 e. The maximum absolute atomic E-state index is 11.4. The Morgan fingerprint density at radius 1 is 1.47 bits per heavy atom. The zero-order valence-corrected chi connectivity index (χ0v) is 10.1. The molecule has 2 aromatic rings. The van der Waals surface area contributed by atoms with Crippen molar-refractivity contribution in [2.75, 3.05) is 12.4 Å². The summed E-state index contributed by atoms with van der Waals surface area (Å²) >= 11 is 1.32. The third-order valence-corrected chi connectivity index (χ3v) is 2.78. The number of hydrogen-bond donors (Lipinski definition) is 2. The smallest absolute Gasteiger partial charge is 0.251 e. The fourth-order valence-electron chi connectivity index (χ4n) is 1.37. The van der Waals surface area contributed by atoms with Crippen molar-refractivity contribution in [3.05, 3.63) is 40.9 Å². The molecule has 0 fully saturated rings. The number of nitrogens with zero attached hydrogens (tertiary/aromatic N) is 2. The molecule has 0 aliphatic heterocycles. The van der Waals surface area contributed by atoms with Gasteiger partial charge in [-0.2, -0.15) is 0 Å². The summed E-state index contributed by atoms with van der Waals surface area (Å²) in [7, 11) is 1.61. The number of nitrogens with one attached hydrogen (secondary N) is 2. The third kappa shape index (κ3) is 3.01. The van der Waals surface area contributed by atoms with Crippen molar-refractivity contribution in [1.82, 2.24) is 14.9 Å². The van der Waals surface area contributed by atoms with E-state index in [2.05, 4.69) is 20.2 Å². The predicted octanol–water partition coefficient (Wildman–Crippen LogP) is 1.51. The van der Waals surface area contributed by atoms with Crippen LogP contribution in [-0.4, -0.2) is 22.5 Å². The Labute approximate surface area is 103 Å². The van der Waals surface area contributed by atoms with Crippen LogP contribution in [0.3, 0.4) is 0 Å². The minimum Gasteiger partial charge on any atom is -0.379 e. The van der Waals surface area contributed by atoms with Crippen molar-refractivity contribution in [3.8, 4) is 0 Å². The maximum Gasteiger partial charge on any atom is 0.251 e. The second-order valence-corrected chi connectivity index (χ2v) is 4.02. The molecule has 0 saturated carbocycles. The zero-order chi connectivity index (χ0) is 12.1. The van der Waals surface area contributed by atoms with Gasteiger partial charge < -0.3 is 10.6 Å². The Balaban J connectivity index is 2.03. The van der Waals surface area contributed by atoms with E-state index in [1.165, 1.54) is 11.5 Å². The molecule has 0 bridgehead atoms. The van der Waals surface area contributed by atoms with Crippen molar-refractivity contribution < 1.29 is 4.79 Å². The Morgan fingerprint density at radius 2 is 2.35 bits per heavy atom. The molecule has 0 spiro atoms. The van der Waals surface area contributed by atoms with Crippen LogP contribution in [0.5, 0.6) is 0 Å². The van der Waals surface area contributed by atoms with Gasteiger partial charge in [-0.15, -0.1) is 5.10 Å². The van der Waals surface area contributed by atoms with Gasteiger partial charge in [-0.05, 0) is 29.7 Å². The molecule has 88 valence electrons. The molecular formula is C11H12N4OS. The topological polar surface area (TPSA) is 66.9 Å². The van der Waals surface area contributed by atoms with Crippen LogP contribution in [0.15, 0.2) is 29.6 Å². The number of benzene rings is 1. The molecule has 1 amide bonds. The average molecular weight is 248 g/mol. The molecule has 0 aliphatic carbocycles. The van der Waals surface area contributed by atoms with Crippen LogP contribution in [0.4, 0.5) is 5.69 Å². The van der Waals surface area contributed by atoms with E-state index < -0.39 is 0 Å². The lowest BCUT2D eigenvalue weighted by atomic mass is 10.2. The molecule has 2 N–H and O–H groups in total. The molecule has 0 atom stereocenters. The van der Waals surface area contributed by atoms with Crippen LogP contribution in [0.25, 0.3) is 0 Å². The summed E-state index contributed by atoms with van der Waals surface area (Å²) in [6.45, 7) is 0.605. The molecule has 0 aliphatic rings. The number of hydrogen-bond acceptors (Lipinski definition) is 5. The number of carbonyl (C=O) groups is 1. The van der Waals surface area contributed by atoms with Crippen LogP contribution in [0.2, 0.25) is 0 Å². The van der Waals surface area contributed by atoms with Crippen molar-refractivity contribution in [2.45, 2.75) is 6.54 Å². The van der Waals surface area contributed by atoms with Crippen molar-refractivity contribution >= 4 is 23.1 Å². The Bertz CT molecular complexity index is 498. The molecule has 5 nitrogen and oxygen atoms in total. The fraction of sp³-hybridized carbons (Fsp3) is 0.182. The van der Waals surface area contributed by atoms with Gasteiger partial charge in [-0.3, -0.25) is 4.79 Å². The molecule has 1 aromatic heterocycles. The SMILES string of the molecule is CNC(=O)c1cccc(NCc2csnn2)c1. The molecule has 1 heterocycles. The normalized spacial score (nSPS) is 9.94. The summed E-state index contributed by atoms with van der Waals surface area (Å²) in [6, 6.07) is 7.32. The van der Waals surface area contributed by atoms with E-state index in [1.807, 2.05) is 17.5 Å². The predicted molar refractivity (Wildman–Crippen MR) is 67.1 cm³/mol. The molecule has 0 unspecified atom stereocenters. The highest BCUT2D eigenvalue weighted by molar-refractivity contribution is 7.03. The Kier molecular flexibility index (Phi) is 3.66. The molecule has 0 radical (unpaired) electrons. The number of amides is 1. The lowest BCUT2D eigenvalue weighted by Crippen LogP contribution is -2.17. The van der Waals surface area contributed by atoms with Gasteiger partial charge in [0.1, 0.15) is 0 Å². The summed E-state index contributed by atoms with van der Waals surface area (Å²) in [5.74, 6) is -0.0935. The van der Waals surface area contributed by atoms with Crippen LogP contribution in [0, 0.1) is 0 Å². The quantitative estimate of drug-likeness (QED) is 0.860. The highest BCUT2D eigenvalue weighted by Crippen LogP contribution is 2.11. The summed E-state index contributed by atoms with van der Waals surface area (Å²) in [5, 5.41) is 11.6. The lowest BCUT2D eigenvalue weighted by Gasteiger charge is -2.06. The van der Waals surface area contributed by atoms with Crippen molar-refractivity contribution in [2.24, 2.45) is 0 Å². The molecule has 0 saturated heterocycles. The molecule has 6 heteroatoms. The van der Waals surface area contributed by atoms with Crippen molar-refractivity contribution in [3.63, 3.8) is 0 Å². The summed E-state index contributed by atoms with van der Waals surface area (Å²) < 4.78 is 3.78. The van der Waals surface area contributed by atoms with E-state index >= 15 is 0 Å². The van der Waals surface area contributed by atoms with Crippen LogP contribution < -0.4 is 10.6 Å². The van der Waals surface area contributed by atoms with Gasteiger partial charge in [0.2, 0.25) is 0 Å². The van der Waals surface area contributed by atoms with Gasteiger partial charge in [-0.1, -0.05) is 10.6 Å². The minimum absolute atomic E-state index is 0.0935. The standard InChI is InChI=1S/C11H12N4OS/c1-12-11(16)8-3-2-4-9(5-8)13-6-10-7-17-15-14-10/h2-5,7,13H,6H2,1H3,(H,12,16). The fourth-order valence-corrected chi connectivity index (χ4v) is 1.82. The van der Waals surface area contributed by atoms with E-state index in [9.17, 15) is 4.79 Å². The Hall–Kier alpha value is -1.95. The number of rotatable bonds is 4. The van der Waals surface area contributed by atoms with Gasteiger partial charge in [-0.25, -0.2) is 0 Å². The van der Waals surface area contributed by atoms with E-state index in [0.29, 0.717) is 12.1 Å². The van der Waals surface area contributed by atoms with E-state index in [4.69, 9.17) is 0 Å². The highest BCUT2D eigenvalue weighted by atomic mass is 32.1. The minimum atomic E-state index is -0.0935. The van der Waals surface area contributed by atoms with Crippen LogP contribution >= 0.6 is 11.5 Å². The first-order valence-electron chi connectivity index (χ1n) is 5.11. The summed E-state index contributed by atoms with van der Waals surface area (Å²) in [6.07, 6.45) is 0.